The van der Waals surface area contributed by atoms with E-state index >= 15 is 0 Å². The van der Waals surface area contributed by atoms with Crippen molar-refractivity contribution in [1.82, 2.24) is 0 Å². The van der Waals surface area contributed by atoms with Gasteiger partial charge in [-0.2, -0.15) is 0 Å². The maximum Gasteiger partial charge on any atom is 0.0904 e. The summed E-state index contributed by atoms with van der Waals surface area (Å²) >= 11 is 0. The Morgan fingerprint density at radius 3 is 2.56 bits per heavy atom. The lowest BCUT2D eigenvalue weighted by molar-refractivity contribution is 0.0167. The van der Waals surface area contributed by atoms with E-state index in [1.54, 1.807) is 0 Å². The fourth-order valence-electron chi connectivity index (χ4n) is 2.59. The molecule has 1 aromatic rings. The molecule has 0 spiro atoms. The molecule has 86 valence electrons. The molecule has 2 nitrogen and oxygen atoms in total. The van der Waals surface area contributed by atoms with Crippen LogP contribution in [0.4, 0.5) is 0 Å². The molecule has 3 rings (SSSR count). The van der Waals surface area contributed by atoms with Gasteiger partial charge in [0.2, 0.25) is 0 Å². The highest BCUT2D eigenvalue weighted by molar-refractivity contribution is 5.35. The van der Waals surface area contributed by atoms with Crippen LogP contribution in [0.2, 0.25) is 0 Å². The summed E-state index contributed by atoms with van der Waals surface area (Å²) in [5.74, 6) is 0. The predicted octanol–water partition coefficient (Wildman–Crippen LogP) is 2.66. The maximum atomic E-state index is 6.24. The number of nitrogens with two attached hydrogens (primary N) is 1. The minimum atomic E-state index is -0.0821. The third-order valence-corrected chi connectivity index (χ3v) is 4.06. The zero-order valence-electron chi connectivity index (χ0n) is 9.83. The monoisotopic (exact) mass is 217 g/mol. The van der Waals surface area contributed by atoms with Gasteiger partial charge in [0.1, 0.15) is 0 Å². The normalized spacial score (nSPS) is 31.6. The van der Waals surface area contributed by atoms with Crippen molar-refractivity contribution in [2.24, 2.45) is 5.73 Å². The van der Waals surface area contributed by atoms with Crippen molar-refractivity contribution in [2.45, 2.75) is 43.7 Å². The van der Waals surface area contributed by atoms with E-state index in [4.69, 9.17) is 10.5 Å². The molecular weight excluding hydrogens is 198 g/mol. The molecular formula is C14H19NO. The highest BCUT2D eigenvalue weighted by Crippen LogP contribution is 2.44. The highest BCUT2D eigenvalue weighted by atomic mass is 16.5. The maximum absolute atomic E-state index is 6.24. The topological polar surface area (TPSA) is 35.2 Å². The van der Waals surface area contributed by atoms with Crippen LogP contribution in [-0.2, 0) is 15.9 Å². The Hall–Kier alpha value is -0.860. The fourth-order valence-corrected chi connectivity index (χ4v) is 2.59. The zero-order chi connectivity index (χ0) is 11.2. The van der Waals surface area contributed by atoms with Crippen molar-refractivity contribution in [1.29, 1.82) is 0 Å². The Morgan fingerprint density at radius 1 is 1.19 bits per heavy atom. The molecule has 16 heavy (non-hydrogen) atoms. The molecule has 1 saturated heterocycles. The van der Waals surface area contributed by atoms with Crippen molar-refractivity contribution in [3.63, 3.8) is 0 Å². The van der Waals surface area contributed by atoms with E-state index < -0.39 is 0 Å². The van der Waals surface area contributed by atoms with E-state index in [9.17, 15) is 0 Å². The van der Waals surface area contributed by atoms with Gasteiger partial charge in [0.05, 0.1) is 5.60 Å². The third kappa shape index (κ3) is 1.57. The molecule has 2 fully saturated rings. The van der Waals surface area contributed by atoms with Crippen LogP contribution in [-0.4, -0.2) is 6.61 Å². The number of benzene rings is 1. The van der Waals surface area contributed by atoms with Crippen LogP contribution >= 0.6 is 0 Å². The number of rotatable bonds is 2. The molecule has 1 atom stereocenters. The lowest BCUT2D eigenvalue weighted by Gasteiger charge is -2.25. The number of hydrogen-bond donors (Lipinski definition) is 1. The molecule has 0 aromatic heterocycles. The average Bonchev–Trinajstić information content (AvgIpc) is 2.89. The van der Waals surface area contributed by atoms with Crippen LogP contribution < -0.4 is 5.73 Å². The second-order valence-corrected chi connectivity index (χ2v) is 5.42. The summed E-state index contributed by atoms with van der Waals surface area (Å²) in [6, 6.07) is 8.68. The van der Waals surface area contributed by atoms with E-state index in [-0.39, 0.29) is 11.1 Å². The molecule has 2 aliphatic rings. The second-order valence-electron chi connectivity index (χ2n) is 5.42. The summed E-state index contributed by atoms with van der Waals surface area (Å²) in [5, 5.41) is 0. The van der Waals surface area contributed by atoms with Gasteiger partial charge < -0.3 is 10.5 Å². The van der Waals surface area contributed by atoms with Crippen molar-refractivity contribution in [3.8, 4) is 0 Å². The Bertz CT molecular complexity index is 403. The van der Waals surface area contributed by atoms with Crippen LogP contribution in [0, 0.1) is 0 Å². The first-order chi connectivity index (χ1) is 7.62. The molecule has 0 amide bonds. The van der Waals surface area contributed by atoms with Crippen LogP contribution in [0.25, 0.3) is 0 Å². The summed E-state index contributed by atoms with van der Waals surface area (Å²) in [6.45, 7) is 3.07. The van der Waals surface area contributed by atoms with Crippen molar-refractivity contribution >= 4 is 0 Å². The molecule has 1 aliphatic carbocycles. The first kappa shape index (κ1) is 10.3. The van der Waals surface area contributed by atoms with E-state index in [0.29, 0.717) is 0 Å². The van der Waals surface area contributed by atoms with Gasteiger partial charge in [0, 0.05) is 12.1 Å². The molecule has 1 aliphatic heterocycles. The summed E-state index contributed by atoms with van der Waals surface area (Å²) in [6.07, 6.45) is 4.52. The van der Waals surface area contributed by atoms with Gasteiger partial charge in [0.25, 0.3) is 0 Å². The molecule has 2 heteroatoms. The summed E-state index contributed by atoms with van der Waals surface area (Å²) in [7, 11) is 0. The summed E-state index contributed by atoms with van der Waals surface area (Å²) < 4.78 is 5.87. The fraction of sp³-hybridized carbons (Fsp3) is 0.571. The van der Waals surface area contributed by atoms with E-state index in [1.165, 1.54) is 11.1 Å². The van der Waals surface area contributed by atoms with Crippen LogP contribution in [0.5, 0.6) is 0 Å². The minimum absolute atomic E-state index is 0.0367. The van der Waals surface area contributed by atoms with Crippen molar-refractivity contribution < 1.29 is 4.74 Å². The first-order valence-electron chi connectivity index (χ1n) is 6.16. The summed E-state index contributed by atoms with van der Waals surface area (Å²) in [5.41, 5.74) is 8.69. The Balaban J connectivity index is 1.96. The van der Waals surface area contributed by atoms with Gasteiger partial charge in [-0.3, -0.25) is 0 Å². The Labute approximate surface area is 96.8 Å². The quantitative estimate of drug-likeness (QED) is 0.826. The van der Waals surface area contributed by atoms with Crippen molar-refractivity contribution in [2.75, 3.05) is 6.61 Å². The van der Waals surface area contributed by atoms with E-state index in [1.807, 2.05) is 0 Å². The molecule has 1 heterocycles. The van der Waals surface area contributed by atoms with Gasteiger partial charge in [-0.25, -0.2) is 0 Å². The number of hydrogen-bond acceptors (Lipinski definition) is 2. The smallest absolute Gasteiger partial charge is 0.0904 e. The lowest BCUT2D eigenvalue weighted by Crippen LogP contribution is -2.23. The predicted molar refractivity (Wildman–Crippen MR) is 64.1 cm³/mol. The van der Waals surface area contributed by atoms with Crippen LogP contribution in [0.3, 0.4) is 0 Å². The first-order valence-corrected chi connectivity index (χ1v) is 6.16. The van der Waals surface area contributed by atoms with Crippen LogP contribution in [0.1, 0.15) is 43.7 Å². The molecule has 0 radical (unpaired) electrons. The Morgan fingerprint density at radius 2 is 1.94 bits per heavy atom. The third-order valence-electron chi connectivity index (χ3n) is 4.06. The second kappa shape index (κ2) is 3.31. The zero-order valence-corrected chi connectivity index (χ0v) is 9.83. The lowest BCUT2D eigenvalue weighted by atomic mass is 9.90. The molecule has 0 bridgehead atoms. The SMILES string of the molecule is C[C@]1(c2cccc(C3(N)CC3)c2)CCCO1. The largest absolute Gasteiger partial charge is 0.371 e. The highest BCUT2D eigenvalue weighted by Gasteiger charge is 2.41. The van der Waals surface area contributed by atoms with Gasteiger partial charge >= 0.3 is 0 Å². The van der Waals surface area contributed by atoms with Gasteiger partial charge in [-0.05, 0) is 43.7 Å². The number of ether oxygens (including phenoxy) is 1. The molecule has 2 N–H and O–H groups in total. The summed E-state index contributed by atoms with van der Waals surface area (Å²) in [4.78, 5) is 0. The van der Waals surface area contributed by atoms with E-state index in [0.717, 1.165) is 32.3 Å². The van der Waals surface area contributed by atoms with Crippen LogP contribution in [0.15, 0.2) is 24.3 Å². The Kier molecular flexibility index (Phi) is 2.13. The molecule has 1 saturated carbocycles. The van der Waals surface area contributed by atoms with Gasteiger partial charge in [-0.15, -0.1) is 0 Å². The van der Waals surface area contributed by atoms with Gasteiger partial charge in [0.15, 0.2) is 0 Å². The minimum Gasteiger partial charge on any atom is -0.371 e. The molecule has 1 aromatic carbocycles. The molecule has 0 unspecified atom stereocenters. The van der Waals surface area contributed by atoms with E-state index in [2.05, 4.69) is 31.2 Å². The van der Waals surface area contributed by atoms with Gasteiger partial charge in [-0.1, -0.05) is 24.3 Å². The van der Waals surface area contributed by atoms with Crippen molar-refractivity contribution in [3.05, 3.63) is 35.4 Å². The average molecular weight is 217 g/mol. The standard InChI is InChI=1S/C14H19NO/c1-13(6-3-9-16-13)11-4-2-5-12(10-11)14(15)7-8-14/h2,4-5,10H,3,6-9,15H2,1H3/t13-/m1/s1.